The van der Waals surface area contributed by atoms with Crippen LogP contribution < -0.4 is 5.32 Å². The third-order valence-electron chi connectivity index (χ3n) is 2.26. The van der Waals surface area contributed by atoms with Crippen molar-refractivity contribution in [2.75, 3.05) is 13.6 Å². The lowest BCUT2D eigenvalue weighted by molar-refractivity contribution is 0.407. The Morgan fingerprint density at radius 3 is 2.92 bits per heavy atom. The number of nitrogens with one attached hydrogen (secondary N) is 1. The van der Waals surface area contributed by atoms with Crippen molar-refractivity contribution in [3.05, 3.63) is 35.0 Å². The number of hydrogen-bond donors (Lipinski definition) is 1. The van der Waals surface area contributed by atoms with E-state index >= 15 is 0 Å². The number of rotatable bonds is 5. The first-order chi connectivity index (χ1) is 6.20. The molecule has 0 aliphatic rings. The van der Waals surface area contributed by atoms with Crippen molar-refractivity contribution in [1.29, 1.82) is 0 Å². The van der Waals surface area contributed by atoms with Crippen molar-refractivity contribution in [3.63, 3.8) is 0 Å². The second-order valence-electron chi connectivity index (χ2n) is 3.70. The summed E-state index contributed by atoms with van der Waals surface area (Å²) >= 11 is 1.75. The molecule has 1 N–H and O–H groups in total. The van der Waals surface area contributed by atoms with Gasteiger partial charge in [0.1, 0.15) is 0 Å². The van der Waals surface area contributed by atoms with Crippen molar-refractivity contribution in [2.24, 2.45) is 5.41 Å². The van der Waals surface area contributed by atoms with Gasteiger partial charge in [0.25, 0.3) is 0 Å². The molecule has 1 nitrogen and oxygen atoms in total. The lowest BCUT2D eigenvalue weighted by atomic mass is 9.84. The molecule has 13 heavy (non-hydrogen) atoms. The zero-order valence-corrected chi connectivity index (χ0v) is 9.16. The summed E-state index contributed by atoms with van der Waals surface area (Å²) in [6.45, 7) is 7.10. The van der Waals surface area contributed by atoms with Gasteiger partial charge in [-0.3, -0.25) is 0 Å². The van der Waals surface area contributed by atoms with E-state index in [1.165, 1.54) is 5.56 Å². The van der Waals surface area contributed by atoms with Crippen LogP contribution in [-0.4, -0.2) is 13.6 Å². The lowest BCUT2D eigenvalue weighted by Gasteiger charge is -2.24. The van der Waals surface area contributed by atoms with Crippen molar-refractivity contribution in [2.45, 2.75) is 13.3 Å². The molecule has 1 unspecified atom stereocenters. The molecule has 0 radical (unpaired) electrons. The molecule has 0 fully saturated rings. The highest BCUT2D eigenvalue weighted by Gasteiger charge is 2.19. The molecule has 0 spiro atoms. The molecule has 0 aliphatic heterocycles. The van der Waals surface area contributed by atoms with Gasteiger partial charge in [0.2, 0.25) is 0 Å². The minimum Gasteiger partial charge on any atom is -0.319 e. The van der Waals surface area contributed by atoms with Gasteiger partial charge in [-0.15, -0.1) is 6.58 Å². The first-order valence-corrected chi connectivity index (χ1v) is 5.44. The van der Waals surface area contributed by atoms with E-state index in [-0.39, 0.29) is 5.41 Å². The van der Waals surface area contributed by atoms with E-state index in [4.69, 9.17) is 0 Å². The van der Waals surface area contributed by atoms with Crippen molar-refractivity contribution in [1.82, 2.24) is 5.32 Å². The van der Waals surface area contributed by atoms with Gasteiger partial charge in [0.15, 0.2) is 0 Å². The summed E-state index contributed by atoms with van der Waals surface area (Å²) in [4.78, 5) is 0. The van der Waals surface area contributed by atoms with Crippen LogP contribution in [0.25, 0.3) is 0 Å². The zero-order valence-electron chi connectivity index (χ0n) is 8.34. The van der Waals surface area contributed by atoms with E-state index in [2.05, 4.69) is 35.6 Å². The summed E-state index contributed by atoms with van der Waals surface area (Å²) in [5, 5.41) is 7.53. The van der Waals surface area contributed by atoms with Crippen LogP contribution in [0.15, 0.2) is 29.5 Å². The topological polar surface area (TPSA) is 12.0 Å². The summed E-state index contributed by atoms with van der Waals surface area (Å²) in [7, 11) is 1.98. The normalized spacial score (nSPS) is 15.2. The predicted molar refractivity (Wildman–Crippen MR) is 60.3 cm³/mol. The van der Waals surface area contributed by atoms with Crippen LogP contribution in [0.4, 0.5) is 0 Å². The molecule has 0 amide bonds. The zero-order chi connectivity index (χ0) is 9.73. The quantitative estimate of drug-likeness (QED) is 0.712. The van der Waals surface area contributed by atoms with Gasteiger partial charge in [0.05, 0.1) is 0 Å². The maximum atomic E-state index is 3.90. The van der Waals surface area contributed by atoms with Crippen LogP contribution in [-0.2, 0) is 6.42 Å². The molecule has 2 heteroatoms. The van der Waals surface area contributed by atoms with E-state index in [0.29, 0.717) is 0 Å². The smallest absolute Gasteiger partial charge is 0.00400 e. The monoisotopic (exact) mass is 195 g/mol. The Kier molecular flexibility index (Phi) is 3.70. The Morgan fingerprint density at radius 2 is 2.46 bits per heavy atom. The molecule has 72 valence electrons. The highest BCUT2D eigenvalue weighted by Crippen LogP contribution is 2.24. The van der Waals surface area contributed by atoms with Gasteiger partial charge in [0, 0.05) is 12.0 Å². The molecule has 1 aromatic rings. The number of thiophene rings is 1. The summed E-state index contributed by atoms with van der Waals surface area (Å²) < 4.78 is 0. The fourth-order valence-electron chi connectivity index (χ4n) is 1.47. The average Bonchev–Trinajstić information content (AvgIpc) is 2.57. The lowest BCUT2D eigenvalue weighted by Crippen LogP contribution is -2.29. The highest BCUT2D eigenvalue weighted by atomic mass is 32.1. The van der Waals surface area contributed by atoms with Crippen LogP contribution in [0.5, 0.6) is 0 Å². The minimum atomic E-state index is 0.176. The first kappa shape index (κ1) is 10.5. The van der Waals surface area contributed by atoms with Gasteiger partial charge in [-0.2, -0.15) is 11.3 Å². The predicted octanol–water partition coefficient (Wildman–Crippen LogP) is 2.70. The Hall–Kier alpha value is -0.600. The van der Waals surface area contributed by atoms with Gasteiger partial charge < -0.3 is 5.32 Å². The van der Waals surface area contributed by atoms with E-state index in [1.54, 1.807) is 11.3 Å². The Bertz CT molecular complexity index is 253. The van der Waals surface area contributed by atoms with Crippen LogP contribution >= 0.6 is 11.3 Å². The minimum absolute atomic E-state index is 0.176. The molecule has 0 aromatic carbocycles. The fraction of sp³-hybridized carbons (Fsp3) is 0.455. The molecule has 1 rings (SSSR count). The van der Waals surface area contributed by atoms with E-state index in [1.807, 2.05) is 13.1 Å². The van der Waals surface area contributed by atoms with Crippen LogP contribution in [0.2, 0.25) is 0 Å². The van der Waals surface area contributed by atoms with E-state index in [0.717, 1.165) is 13.0 Å². The number of hydrogen-bond acceptors (Lipinski definition) is 2. The second-order valence-corrected chi connectivity index (χ2v) is 4.48. The maximum Gasteiger partial charge on any atom is 0.00400 e. The molecule has 0 aliphatic carbocycles. The fourth-order valence-corrected chi connectivity index (χ4v) is 2.14. The van der Waals surface area contributed by atoms with Gasteiger partial charge >= 0.3 is 0 Å². The summed E-state index contributed by atoms with van der Waals surface area (Å²) in [6, 6.07) is 2.18. The van der Waals surface area contributed by atoms with Crippen LogP contribution in [0.1, 0.15) is 12.5 Å². The van der Waals surface area contributed by atoms with Crippen molar-refractivity contribution < 1.29 is 0 Å². The van der Waals surface area contributed by atoms with Gasteiger partial charge in [-0.05, 0) is 35.9 Å². The summed E-state index contributed by atoms with van der Waals surface area (Å²) in [5.74, 6) is 0. The first-order valence-electron chi connectivity index (χ1n) is 4.49. The van der Waals surface area contributed by atoms with Crippen molar-refractivity contribution in [3.8, 4) is 0 Å². The molecule has 0 saturated carbocycles. The van der Waals surface area contributed by atoms with Gasteiger partial charge in [-0.1, -0.05) is 13.0 Å². The molecule has 0 saturated heterocycles. The Labute approximate surface area is 84.5 Å². The summed E-state index contributed by atoms with van der Waals surface area (Å²) in [6.07, 6.45) is 3.11. The summed E-state index contributed by atoms with van der Waals surface area (Å²) in [5.41, 5.74) is 1.58. The molecule has 1 aromatic heterocycles. The average molecular weight is 195 g/mol. The third kappa shape index (κ3) is 2.98. The largest absolute Gasteiger partial charge is 0.319 e. The Morgan fingerprint density at radius 1 is 1.69 bits per heavy atom. The van der Waals surface area contributed by atoms with Crippen LogP contribution in [0.3, 0.4) is 0 Å². The maximum absolute atomic E-state index is 3.90. The second kappa shape index (κ2) is 4.58. The molecule has 1 atom stereocenters. The Balaban J connectivity index is 2.63. The van der Waals surface area contributed by atoms with E-state index < -0.39 is 0 Å². The standard InChI is InChI=1S/C11H17NS/c1-4-11(2,9-12-3)7-10-5-6-13-8-10/h4-6,8,12H,1,7,9H2,2-3H3. The molecule has 1 heterocycles. The molecular formula is C11H17NS. The third-order valence-corrected chi connectivity index (χ3v) is 2.99. The van der Waals surface area contributed by atoms with Gasteiger partial charge in [-0.25, -0.2) is 0 Å². The van der Waals surface area contributed by atoms with Crippen LogP contribution in [0, 0.1) is 5.41 Å². The molecular weight excluding hydrogens is 178 g/mol. The highest BCUT2D eigenvalue weighted by molar-refractivity contribution is 7.07. The SMILES string of the molecule is C=CC(C)(CNC)Cc1ccsc1. The molecule has 0 bridgehead atoms. The van der Waals surface area contributed by atoms with Crippen molar-refractivity contribution >= 4 is 11.3 Å². The van der Waals surface area contributed by atoms with E-state index in [9.17, 15) is 0 Å².